The number of carbonyl (C=O) groups is 1. The van der Waals surface area contributed by atoms with Crippen LogP contribution in [-0.2, 0) is 4.79 Å². The first kappa shape index (κ1) is 12.6. The highest BCUT2D eigenvalue weighted by atomic mass is 127. The zero-order valence-corrected chi connectivity index (χ0v) is 11.9. The molecule has 1 amide bonds. The number of nitrogens with zero attached hydrogens (tertiary/aromatic N) is 2. The first-order valence-corrected chi connectivity index (χ1v) is 6.52. The van der Waals surface area contributed by atoms with Crippen molar-refractivity contribution in [3.63, 3.8) is 0 Å². The molecule has 0 saturated carbocycles. The molecule has 0 spiro atoms. The molecule has 4 nitrogen and oxygen atoms in total. The first-order valence-electron chi connectivity index (χ1n) is 5.56. The third-order valence-corrected chi connectivity index (χ3v) is 3.60. The van der Waals surface area contributed by atoms with E-state index in [1.807, 2.05) is 32.3 Å². The number of ether oxygens (including phenoxy) is 1. The predicted octanol–water partition coefficient (Wildman–Crippen LogP) is 2.08. The molecule has 92 valence electrons. The number of carbonyl (C=O) groups excluding carboxylic acids is 1. The normalized spacial score (nSPS) is 18.0. The van der Waals surface area contributed by atoms with Gasteiger partial charge in [-0.2, -0.15) is 0 Å². The van der Waals surface area contributed by atoms with Gasteiger partial charge < -0.3 is 9.64 Å². The van der Waals surface area contributed by atoms with Gasteiger partial charge in [0.05, 0.1) is 13.7 Å². The van der Waals surface area contributed by atoms with E-state index >= 15 is 0 Å². The summed E-state index contributed by atoms with van der Waals surface area (Å²) in [5, 5.41) is 0. The van der Waals surface area contributed by atoms with Crippen molar-refractivity contribution in [1.82, 2.24) is 3.11 Å². The van der Waals surface area contributed by atoms with E-state index in [1.165, 1.54) is 0 Å². The fourth-order valence-corrected chi connectivity index (χ4v) is 2.50. The van der Waals surface area contributed by atoms with Crippen molar-refractivity contribution in [3.8, 4) is 5.75 Å². The van der Waals surface area contributed by atoms with Crippen molar-refractivity contribution in [2.45, 2.75) is 6.42 Å². The molecule has 1 aliphatic heterocycles. The molecule has 0 unspecified atom stereocenters. The average molecular weight is 346 g/mol. The molecule has 1 heterocycles. The molecule has 1 saturated heterocycles. The number of halogens is 1. The van der Waals surface area contributed by atoms with Crippen LogP contribution < -0.4 is 9.64 Å². The molecule has 1 aromatic rings. The van der Waals surface area contributed by atoms with Gasteiger partial charge in [-0.3, -0.25) is 4.79 Å². The molecule has 0 aliphatic carbocycles. The maximum absolute atomic E-state index is 12.0. The monoisotopic (exact) mass is 346 g/mol. The topological polar surface area (TPSA) is 32.8 Å². The summed E-state index contributed by atoms with van der Waals surface area (Å²) in [6.45, 7) is 2.22. The Morgan fingerprint density at radius 1 is 1.24 bits per heavy atom. The lowest BCUT2D eigenvalue weighted by Gasteiger charge is -2.20. The second-order valence-electron chi connectivity index (χ2n) is 3.94. The lowest BCUT2D eigenvalue weighted by Crippen LogP contribution is -2.34. The molecule has 1 aliphatic rings. The standard InChI is InChI=1S/C12H15IN2O2/c1-17-11-5-3-10(4-6-11)15-8-2-7-14(13)9-12(15)16/h3-6H,2,7-9H2,1H3. The highest BCUT2D eigenvalue weighted by molar-refractivity contribution is 14.1. The Balaban J connectivity index is 2.16. The van der Waals surface area contributed by atoms with E-state index in [0.717, 1.165) is 30.9 Å². The van der Waals surface area contributed by atoms with Crippen molar-refractivity contribution in [1.29, 1.82) is 0 Å². The minimum atomic E-state index is 0.155. The molecule has 0 N–H and O–H groups in total. The van der Waals surface area contributed by atoms with Crippen LogP contribution in [0.5, 0.6) is 5.75 Å². The maximum Gasteiger partial charge on any atom is 0.241 e. The fraction of sp³-hybridized carbons (Fsp3) is 0.417. The van der Waals surface area contributed by atoms with Crippen LogP contribution >= 0.6 is 22.9 Å². The smallest absolute Gasteiger partial charge is 0.241 e. The van der Waals surface area contributed by atoms with Crippen LogP contribution in [0.25, 0.3) is 0 Å². The summed E-state index contributed by atoms with van der Waals surface area (Å²) in [7, 11) is 1.64. The van der Waals surface area contributed by atoms with Crippen LogP contribution in [0.1, 0.15) is 6.42 Å². The van der Waals surface area contributed by atoms with E-state index in [-0.39, 0.29) is 5.91 Å². The van der Waals surface area contributed by atoms with Crippen LogP contribution in [-0.4, -0.2) is 35.8 Å². The number of rotatable bonds is 2. The number of amides is 1. The average Bonchev–Trinajstić information content (AvgIpc) is 2.50. The van der Waals surface area contributed by atoms with E-state index < -0.39 is 0 Å². The van der Waals surface area contributed by atoms with Crippen LogP contribution in [0.2, 0.25) is 0 Å². The second-order valence-corrected chi connectivity index (χ2v) is 5.31. The van der Waals surface area contributed by atoms with Crippen LogP contribution in [0.4, 0.5) is 5.69 Å². The van der Waals surface area contributed by atoms with Gasteiger partial charge in [-0.1, -0.05) is 0 Å². The maximum atomic E-state index is 12.0. The van der Waals surface area contributed by atoms with Crippen LogP contribution in [0.15, 0.2) is 24.3 Å². The molecule has 17 heavy (non-hydrogen) atoms. The lowest BCUT2D eigenvalue weighted by molar-refractivity contribution is -0.118. The number of methoxy groups -OCH3 is 1. The lowest BCUT2D eigenvalue weighted by atomic mass is 10.2. The minimum Gasteiger partial charge on any atom is -0.497 e. The summed E-state index contributed by atoms with van der Waals surface area (Å²) in [6, 6.07) is 7.63. The summed E-state index contributed by atoms with van der Waals surface area (Å²) >= 11 is 2.20. The van der Waals surface area contributed by atoms with Crippen molar-refractivity contribution in [3.05, 3.63) is 24.3 Å². The third-order valence-electron chi connectivity index (χ3n) is 2.77. The predicted molar refractivity (Wildman–Crippen MR) is 75.6 cm³/mol. The Morgan fingerprint density at radius 3 is 2.59 bits per heavy atom. The van der Waals surface area contributed by atoms with Gasteiger partial charge >= 0.3 is 0 Å². The molecule has 0 bridgehead atoms. The number of benzene rings is 1. The molecule has 5 heteroatoms. The van der Waals surface area contributed by atoms with Gasteiger partial charge in [0.15, 0.2) is 0 Å². The SMILES string of the molecule is COc1ccc(N2CCCN(I)CC2=O)cc1. The van der Waals surface area contributed by atoms with Crippen LogP contribution in [0, 0.1) is 0 Å². The Labute approximate surface area is 115 Å². The molecular weight excluding hydrogens is 331 g/mol. The highest BCUT2D eigenvalue weighted by Gasteiger charge is 2.21. The van der Waals surface area contributed by atoms with Crippen molar-refractivity contribution in [2.24, 2.45) is 0 Å². The molecule has 0 aromatic heterocycles. The zero-order valence-electron chi connectivity index (χ0n) is 9.73. The summed E-state index contributed by atoms with van der Waals surface area (Å²) in [5.74, 6) is 0.966. The van der Waals surface area contributed by atoms with Gasteiger partial charge in [-0.25, -0.2) is 3.11 Å². The van der Waals surface area contributed by atoms with E-state index in [0.29, 0.717) is 6.54 Å². The Kier molecular flexibility index (Phi) is 4.22. The van der Waals surface area contributed by atoms with Crippen LogP contribution in [0.3, 0.4) is 0 Å². The van der Waals surface area contributed by atoms with Crippen molar-refractivity contribution < 1.29 is 9.53 Å². The summed E-state index contributed by atoms with van der Waals surface area (Å²) in [6.07, 6.45) is 1.00. The first-order chi connectivity index (χ1) is 8.20. The Bertz CT molecular complexity index is 394. The Hall–Kier alpha value is -0.820. The summed E-state index contributed by atoms with van der Waals surface area (Å²) in [4.78, 5) is 13.9. The quantitative estimate of drug-likeness (QED) is 0.607. The number of hydrogen-bond acceptors (Lipinski definition) is 3. The molecule has 1 fully saturated rings. The molecule has 1 aromatic carbocycles. The van der Waals surface area contributed by atoms with E-state index in [9.17, 15) is 4.79 Å². The molecule has 0 atom stereocenters. The number of anilines is 1. The Morgan fingerprint density at radius 2 is 1.94 bits per heavy atom. The van der Waals surface area contributed by atoms with Gasteiger partial charge in [0, 0.05) is 41.6 Å². The fourth-order valence-electron chi connectivity index (χ4n) is 1.87. The van der Waals surface area contributed by atoms with Crippen molar-refractivity contribution in [2.75, 3.05) is 31.6 Å². The van der Waals surface area contributed by atoms with E-state index in [4.69, 9.17) is 4.74 Å². The van der Waals surface area contributed by atoms with E-state index in [1.54, 1.807) is 7.11 Å². The molecular formula is C12H15IN2O2. The van der Waals surface area contributed by atoms with Gasteiger partial charge in [0.1, 0.15) is 5.75 Å². The largest absolute Gasteiger partial charge is 0.497 e. The number of hydrogen-bond donors (Lipinski definition) is 0. The zero-order chi connectivity index (χ0) is 12.3. The van der Waals surface area contributed by atoms with Gasteiger partial charge in [-0.15, -0.1) is 0 Å². The van der Waals surface area contributed by atoms with Gasteiger partial charge in [0.2, 0.25) is 5.91 Å². The van der Waals surface area contributed by atoms with Gasteiger partial charge in [-0.05, 0) is 30.7 Å². The van der Waals surface area contributed by atoms with Gasteiger partial charge in [0.25, 0.3) is 0 Å². The minimum absolute atomic E-state index is 0.155. The summed E-state index contributed by atoms with van der Waals surface area (Å²) < 4.78 is 7.14. The summed E-state index contributed by atoms with van der Waals surface area (Å²) in [5.41, 5.74) is 0.947. The highest BCUT2D eigenvalue weighted by Crippen LogP contribution is 2.21. The van der Waals surface area contributed by atoms with E-state index in [2.05, 4.69) is 22.9 Å². The second kappa shape index (κ2) is 5.68. The van der Waals surface area contributed by atoms with Crippen molar-refractivity contribution >= 4 is 34.5 Å². The molecule has 2 rings (SSSR count). The third kappa shape index (κ3) is 3.10. The molecule has 0 radical (unpaired) electrons.